The second-order valence-corrected chi connectivity index (χ2v) is 6.60. The highest BCUT2D eigenvalue weighted by Gasteiger charge is 2.24. The number of nitrogens with two attached hydrogens (primary N) is 1. The summed E-state index contributed by atoms with van der Waals surface area (Å²) in [7, 11) is 0. The summed E-state index contributed by atoms with van der Waals surface area (Å²) in [5.41, 5.74) is 4.20. The Bertz CT molecular complexity index is 698. The number of nitrogen functional groups attached to an aromatic ring is 1. The highest BCUT2D eigenvalue weighted by atomic mass is 32.2. The molecule has 0 bridgehead atoms. The van der Waals surface area contributed by atoms with Gasteiger partial charge >= 0.3 is 0 Å². The number of nitrogens with zero attached hydrogens (tertiary/aromatic N) is 2. The molecule has 3 N–H and O–H groups in total. The van der Waals surface area contributed by atoms with Crippen LogP contribution in [0, 0.1) is 23.3 Å². The summed E-state index contributed by atoms with van der Waals surface area (Å²) >= 11 is 1.95. The zero-order valence-electron chi connectivity index (χ0n) is 10.9. The van der Waals surface area contributed by atoms with E-state index in [1.165, 1.54) is 6.92 Å². The minimum Gasteiger partial charge on any atom is -0.374 e. The van der Waals surface area contributed by atoms with E-state index in [-0.39, 0.29) is 11.2 Å². The van der Waals surface area contributed by atoms with Crippen molar-refractivity contribution in [2.75, 3.05) is 11.1 Å². The average Bonchev–Trinajstić information content (AvgIpc) is 2.86. The first kappa shape index (κ1) is 16.5. The van der Waals surface area contributed by atoms with Gasteiger partial charge in [-0.25, -0.2) is 17.6 Å². The zero-order valence-corrected chi connectivity index (χ0v) is 12.5. The summed E-state index contributed by atoms with van der Waals surface area (Å²) < 4.78 is 53.4. The van der Waals surface area contributed by atoms with Gasteiger partial charge in [0.15, 0.2) is 27.6 Å². The Morgan fingerprint density at radius 3 is 2.36 bits per heavy atom. The van der Waals surface area contributed by atoms with Gasteiger partial charge in [-0.05, 0) is 6.92 Å². The molecule has 1 aromatic carbocycles. The van der Waals surface area contributed by atoms with Crippen LogP contribution in [0.5, 0.6) is 0 Å². The van der Waals surface area contributed by atoms with E-state index < -0.39 is 40.1 Å². The number of nitrogens with one attached hydrogen (secondary N) is 1. The molecular formula is C11H8F4N4OS2. The molecule has 118 valence electrons. The lowest BCUT2D eigenvalue weighted by Gasteiger charge is -2.12. The summed E-state index contributed by atoms with van der Waals surface area (Å²) in [6.45, 7) is 1.42. The van der Waals surface area contributed by atoms with Crippen LogP contribution in [0.25, 0.3) is 0 Å². The number of halogens is 4. The lowest BCUT2D eigenvalue weighted by Crippen LogP contribution is -2.24. The van der Waals surface area contributed by atoms with Crippen molar-refractivity contribution in [3.63, 3.8) is 0 Å². The minimum atomic E-state index is -1.68. The Morgan fingerprint density at radius 2 is 1.86 bits per heavy atom. The van der Waals surface area contributed by atoms with E-state index in [4.69, 9.17) is 5.73 Å². The maximum absolute atomic E-state index is 13.5. The number of aromatic nitrogens is 2. The van der Waals surface area contributed by atoms with Gasteiger partial charge in [-0.1, -0.05) is 23.1 Å². The number of carbonyl (C=O) groups is 1. The van der Waals surface area contributed by atoms with Crippen LogP contribution in [-0.2, 0) is 4.79 Å². The smallest absolute Gasteiger partial charge is 0.237 e. The summed E-state index contributed by atoms with van der Waals surface area (Å²) in [5.74, 6) is -7.42. The molecule has 0 aliphatic carbocycles. The molecule has 0 saturated heterocycles. The first-order valence-corrected chi connectivity index (χ1v) is 7.38. The number of anilines is 2. The van der Waals surface area contributed by atoms with Crippen molar-refractivity contribution >= 4 is 39.8 Å². The quantitative estimate of drug-likeness (QED) is 0.502. The zero-order chi connectivity index (χ0) is 16.4. The van der Waals surface area contributed by atoms with Gasteiger partial charge in [-0.15, -0.1) is 10.2 Å². The van der Waals surface area contributed by atoms with Crippen LogP contribution in [0.15, 0.2) is 10.4 Å². The van der Waals surface area contributed by atoms with Gasteiger partial charge in [-0.3, -0.25) is 4.79 Å². The third kappa shape index (κ3) is 3.47. The average molecular weight is 352 g/mol. The van der Waals surface area contributed by atoms with Crippen LogP contribution in [-0.4, -0.2) is 21.4 Å². The van der Waals surface area contributed by atoms with Crippen molar-refractivity contribution in [2.45, 2.75) is 16.5 Å². The minimum absolute atomic E-state index is 0.0581. The fourth-order valence-electron chi connectivity index (χ4n) is 1.38. The molecule has 0 aliphatic rings. The van der Waals surface area contributed by atoms with E-state index in [9.17, 15) is 22.4 Å². The molecule has 0 fully saturated rings. The molecule has 1 unspecified atom stereocenters. The molecule has 2 aromatic rings. The largest absolute Gasteiger partial charge is 0.374 e. The van der Waals surface area contributed by atoms with Crippen molar-refractivity contribution < 1.29 is 22.4 Å². The van der Waals surface area contributed by atoms with Crippen LogP contribution in [0.2, 0.25) is 0 Å². The van der Waals surface area contributed by atoms with E-state index >= 15 is 0 Å². The molecule has 1 aromatic heterocycles. The first-order chi connectivity index (χ1) is 10.3. The Labute approximate surface area is 129 Å². The van der Waals surface area contributed by atoms with Gasteiger partial charge < -0.3 is 11.1 Å². The molecule has 22 heavy (non-hydrogen) atoms. The monoisotopic (exact) mass is 352 g/mol. The molecule has 0 spiro atoms. The normalized spacial score (nSPS) is 12.2. The maximum atomic E-state index is 13.5. The van der Waals surface area contributed by atoms with Crippen LogP contribution in [0.4, 0.5) is 28.4 Å². The molecule has 0 aliphatic heterocycles. The number of rotatable bonds is 4. The number of carbonyl (C=O) groups excluding carboxylic acids is 1. The standard InChI is InChI=1S/C11H8F4N4OS2/c1-3(21-11-19-18-10(16)22-11)9(20)17-8-6(14)4(12)2-5(13)7(8)15/h2-3H,1H3,(H2,16,18)(H,17,20). The molecular weight excluding hydrogens is 344 g/mol. The Kier molecular flexibility index (Phi) is 4.86. The third-order valence-corrected chi connectivity index (χ3v) is 4.37. The molecule has 11 heteroatoms. The number of hydrogen-bond acceptors (Lipinski definition) is 6. The number of benzene rings is 1. The summed E-state index contributed by atoms with van der Waals surface area (Å²) in [5, 5.41) is 8.37. The molecule has 0 radical (unpaired) electrons. The van der Waals surface area contributed by atoms with E-state index in [0.29, 0.717) is 4.34 Å². The van der Waals surface area contributed by atoms with Crippen molar-refractivity contribution in [1.29, 1.82) is 0 Å². The van der Waals surface area contributed by atoms with Gasteiger partial charge in [0.05, 0.1) is 5.25 Å². The van der Waals surface area contributed by atoms with Crippen LogP contribution >= 0.6 is 23.1 Å². The molecule has 2 rings (SSSR count). The van der Waals surface area contributed by atoms with Gasteiger partial charge in [0.2, 0.25) is 11.0 Å². The second-order valence-electron chi connectivity index (χ2n) is 4.00. The van der Waals surface area contributed by atoms with Crippen molar-refractivity contribution in [1.82, 2.24) is 10.2 Å². The molecule has 0 saturated carbocycles. The molecule has 1 atom stereocenters. The number of thioether (sulfide) groups is 1. The van der Waals surface area contributed by atoms with E-state index in [0.717, 1.165) is 23.1 Å². The predicted molar refractivity (Wildman–Crippen MR) is 74.5 cm³/mol. The van der Waals surface area contributed by atoms with Gasteiger partial charge in [-0.2, -0.15) is 0 Å². The molecule has 5 nitrogen and oxygen atoms in total. The van der Waals surface area contributed by atoms with Crippen LogP contribution in [0.3, 0.4) is 0 Å². The second kappa shape index (κ2) is 6.48. The number of hydrogen-bond donors (Lipinski definition) is 2. The van der Waals surface area contributed by atoms with Crippen LogP contribution < -0.4 is 11.1 Å². The fourth-order valence-corrected chi connectivity index (χ4v) is 3.16. The van der Waals surface area contributed by atoms with E-state index in [2.05, 4.69) is 10.2 Å². The molecule has 1 amide bonds. The Hall–Kier alpha value is -1.88. The van der Waals surface area contributed by atoms with Gasteiger partial charge in [0, 0.05) is 6.07 Å². The summed E-state index contributed by atoms with van der Waals surface area (Å²) in [6.07, 6.45) is 0. The predicted octanol–water partition coefficient (Wildman–Crippen LogP) is 2.80. The summed E-state index contributed by atoms with van der Waals surface area (Å²) in [6, 6.07) is 0.0581. The Balaban J connectivity index is 2.15. The third-order valence-electron chi connectivity index (χ3n) is 2.43. The fraction of sp³-hybridized carbons (Fsp3) is 0.182. The van der Waals surface area contributed by atoms with Crippen molar-refractivity contribution in [2.24, 2.45) is 0 Å². The lowest BCUT2D eigenvalue weighted by atomic mass is 10.2. The first-order valence-electron chi connectivity index (χ1n) is 5.69. The topological polar surface area (TPSA) is 80.9 Å². The van der Waals surface area contributed by atoms with Gasteiger partial charge in [0.25, 0.3) is 0 Å². The maximum Gasteiger partial charge on any atom is 0.237 e. The number of amides is 1. The van der Waals surface area contributed by atoms with E-state index in [1.54, 1.807) is 0 Å². The highest BCUT2D eigenvalue weighted by molar-refractivity contribution is 8.02. The van der Waals surface area contributed by atoms with Crippen molar-refractivity contribution in [3.8, 4) is 0 Å². The highest BCUT2D eigenvalue weighted by Crippen LogP contribution is 2.29. The molecule has 1 heterocycles. The van der Waals surface area contributed by atoms with Crippen molar-refractivity contribution in [3.05, 3.63) is 29.3 Å². The Morgan fingerprint density at radius 1 is 1.27 bits per heavy atom. The SMILES string of the molecule is CC(Sc1nnc(N)s1)C(=O)Nc1c(F)c(F)cc(F)c1F. The lowest BCUT2D eigenvalue weighted by molar-refractivity contribution is -0.115. The van der Waals surface area contributed by atoms with Crippen LogP contribution in [0.1, 0.15) is 6.92 Å². The van der Waals surface area contributed by atoms with E-state index in [1.807, 2.05) is 5.32 Å². The summed E-state index contributed by atoms with van der Waals surface area (Å²) in [4.78, 5) is 11.9. The van der Waals surface area contributed by atoms with Gasteiger partial charge in [0.1, 0.15) is 5.69 Å².